The Bertz CT molecular complexity index is 427. The molecule has 4 nitrogen and oxygen atoms in total. The third kappa shape index (κ3) is 2.82. The molecule has 0 fully saturated rings. The van der Waals surface area contributed by atoms with E-state index in [-0.39, 0.29) is 26.8 Å². The number of hydrogen-bond acceptors (Lipinski definition) is 3. The number of aldehydes is 1. The summed E-state index contributed by atoms with van der Waals surface area (Å²) in [4.78, 5) is 22.4. The van der Waals surface area contributed by atoms with Crippen LogP contribution in [0.2, 0.25) is 0 Å². The fraction of sp³-hybridized carbons (Fsp3) is 0.100. The maximum absolute atomic E-state index is 10.2. The Morgan fingerprint density at radius 2 is 2.07 bits per heavy atom. The molecule has 0 aliphatic rings. The van der Waals surface area contributed by atoms with Gasteiger partial charge in [-0.25, -0.2) is 0 Å². The van der Waals surface area contributed by atoms with Crippen molar-refractivity contribution in [3.8, 4) is 11.3 Å². The first kappa shape index (κ1) is 11.8. The summed E-state index contributed by atoms with van der Waals surface area (Å²) in [7, 11) is 0. The summed E-state index contributed by atoms with van der Waals surface area (Å²) in [5.74, 6) is 0.562. The van der Waals surface area contributed by atoms with Crippen LogP contribution in [0.5, 0.6) is 0 Å². The molecular formula is C10H8N3OPd-. The zero-order chi connectivity index (χ0) is 9.80. The van der Waals surface area contributed by atoms with Crippen LogP contribution in [-0.4, -0.2) is 16.3 Å². The van der Waals surface area contributed by atoms with Crippen molar-refractivity contribution in [2.24, 2.45) is 0 Å². The zero-order valence-electron chi connectivity index (χ0n) is 7.74. The van der Waals surface area contributed by atoms with Crippen molar-refractivity contribution in [1.29, 1.82) is 0 Å². The van der Waals surface area contributed by atoms with Gasteiger partial charge in [0.15, 0.2) is 0 Å². The molecule has 0 saturated carbocycles. The number of aromatic nitrogens is 3. The van der Waals surface area contributed by atoms with E-state index in [0.29, 0.717) is 5.82 Å². The Balaban J connectivity index is 0.00000112. The smallest absolute Gasteiger partial charge is 0.123 e. The molecule has 0 aromatic carbocycles. The van der Waals surface area contributed by atoms with Crippen molar-refractivity contribution in [3.05, 3.63) is 36.5 Å². The van der Waals surface area contributed by atoms with Gasteiger partial charge in [-0.15, -0.1) is 0 Å². The van der Waals surface area contributed by atoms with Gasteiger partial charge < -0.3 is 14.8 Å². The Hall–Kier alpha value is -1.31. The number of pyridine rings is 1. The van der Waals surface area contributed by atoms with Gasteiger partial charge in [0.05, 0.1) is 0 Å². The summed E-state index contributed by atoms with van der Waals surface area (Å²) >= 11 is 0. The fourth-order valence-electron chi connectivity index (χ4n) is 1.17. The molecule has 15 heavy (non-hydrogen) atoms. The summed E-state index contributed by atoms with van der Waals surface area (Å²) in [6, 6.07) is 3.71. The predicted molar refractivity (Wildman–Crippen MR) is 50.6 cm³/mol. The average molecular weight is 293 g/mol. The van der Waals surface area contributed by atoms with E-state index in [9.17, 15) is 4.79 Å². The zero-order valence-corrected chi connectivity index (χ0v) is 9.29. The molecule has 0 bridgehead atoms. The first-order valence-corrected chi connectivity index (χ1v) is 4.23. The van der Waals surface area contributed by atoms with Crippen LogP contribution in [0, 0.1) is 0 Å². The van der Waals surface area contributed by atoms with Crippen molar-refractivity contribution in [2.45, 2.75) is 6.42 Å². The van der Waals surface area contributed by atoms with Gasteiger partial charge in [0.25, 0.3) is 0 Å². The number of rotatable bonds is 3. The molecule has 80 valence electrons. The minimum atomic E-state index is 0. The Kier molecular flexibility index (Phi) is 4.35. The fourth-order valence-corrected chi connectivity index (χ4v) is 1.17. The van der Waals surface area contributed by atoms with Gasteiger partial charge in [-0.3, -0.25) is 4.98 Å². The van der Waals surface area contributed by atoms with E-state index in [1.54, 1.807) is 18.6 Å². The maximum Gasteiger partial charge on any atom is 0.123 e. The number of carbonyl (C=O) groups is 1. The molecule has 0 N–H and O–H groups in total. The molecule has 2 rings (SSSR count). The number of imidazole rings is 1. The van der Waals surface area contributed by atoms with Crippen molar-refractivity contribution in [2.75, 3.05) is 0 Å². The summed E-state index contributed by atoms with van der Waals surface area (Å²) in [5, 5.41) is 0. The first-order valence-electron chi connectivity index (χ1n) is 4.23. The van der Waals surface area contributed by atoms with E-state index < -0.39 is 0 Å². The van der Waals surface area contributed by atoms with Crippen LogP contribution in [0.15, 0.2) is 30.7 Å². The SMILES string of the molecule is O=CCc1ncc(-c2ccncc2)[n-]1.[Pd]. The molecule has 2 aromatic heterocycles. The first-order chi connectivity index (χ1) is 6.90. The molecule has 0 atom stereocenters. The maximum atomic E-state index is 10.2. The quantitative estimate of drug-likeness (QED) is 0.621. The summed E-state index contributed by atoms with van der Waals surface area (Å²) < 4.78 is 0. The van der Waals surface area contributed by atoms with E-state index in [2.05, 4.69) is 15.0 Å². The topological polar surface area (TPSA) is 57.0 Å². The van der Waals surface area contributed by atoms with Gasteiger partial charge in [-0.2, -0.15) is 0 Å². The second kappa shape index (κ2) is 5.54. The monoisotopic (exact) mass is 292 g/mol. The minimum Gasteiger partial charge on any atom is -0.446 e. The van der Waals surface area contributed by atoms with Crippen LogP contribution in [0.4, 0.5) is 0 Å². The summed E-state index contributed by atoms with van der Waals surface area (Å²) in [6.45, 7) is 0. The van der Waals surface area contributed by atoms with Gasteiger partial charge in [-0.1, -0.05) is 12.0 Å². The van der Waals surface area contributed by atoms with Crippen molar-refractivity contribution >= 4 is 6.29 Å². The Morgan fingerprint density at radius 1 is 1.33 bits per heavy atom. The molecule has 0 aliphatic carbocycles. The van der Waals surface area contributed by atoms with Crippen molar-refractivity contribution in [3.63, 3.8) is 0 Å². The van der Waals surface area contributed by atoms with E-state index in [4.69, 9.17) is 0 Å². The van der Waals surface area contributed by atoms with Crippen LogP contribution in [0.25, 0.3) is 11.3 Å². The molecule has 0 radical (unpaired) electrons. The second-order valence-corrected chi connectivity index (χ2v) is 2.78. The van der Waals surface area contributed by atoms with Crippen LogP contribution < -0.4 is 4.98 Å². The second-order valence-electron chi connectivity index (χ2n) is 2.78. The molecular weight excluding hydrogens is 285 g/mol. The van der Waals surface area contributed by atoms with E-state index >= 15 is 0 Å². The molecule has 0 amide bonds. The number of carbonyl (C=O) groups excluding carboxylic acids is 1. The third-order valence-corrected chi connectivity index (χ3v) is 1.83. The average Bonchev–Trinajstić information content (AvgIpc) is 2.68. The van der Waals surface area contributed by atoms with E-state index in [1.165, 1.54) is 0 Å². The van der Waals surface area contributed by atoms with Crippen molar-refractivity contribution < 1.29 is 25.2 Å². The van der Waals surface area contributed by atoms with Crippen LogP contribution in [0.3, 0.4) is 0 Å². The van der Waals surface area contributed by atoms with Gasteiger partial charge in [0, 0.05) is 39.2 Å². The molecule has 0 unspecified atom stereocenters. The normalized spacial score (nSPS) is 9.33. The van der Waals surface area contributed by atoms with E-state index in [0.717, 1.165) is 17.5 Å². The van der Waals surface area contributed by atoms with Gasteiger partial charge in [-0.05, 0) is 23.4 Å². The van der Waals surface area contributed by atoms with Gasteiger partial charge in [0.2, 0.25) is 0 Å². The molecule has 2 heterocycles. The third-order valence-electron chi connectivity index (χ3n) is 1.83. The Labute approximate surface area is 101 Å². The summed E-state index contributed by atoms with van der Waals surface area (Å²) in [6.07, 6.45) is 6.12. The van der Waals surface area contributed by atoms with Gasteiger partial charge in [0.1, 0.15) is 6.29 Å². The number of hydrogen-bond donors (Lipinski definition) is 0. The molecule has 0 aliphatic heterocycles. The standard InChI is InChI=1S/C10H8N3O.Pd/c14-6-3-10-12-7-9(13-10)8-1-4-11-5-2-8;/h1-2,4-7H,3H2;/q-1;. The largest absolute Gasteiger partial charge is 0.446 e. The Morgan fingerprint density at radius 3 is 2.73 bits per heavy atom. The van der Waals surface area contributed by atoms with Crippen LogP contribution >= 0.6 is 0 Å². The molecule has 5 heteroatoms. The number of nitrogens with zero attached hydrogens (tertiary/aromatic N) is 3. The summed E-state index contributed by atoms with van der Waals surface area (Å²) in [5.41, 5.74) is 1.74. The molecule has 0 spiro atoms. The molecule has 2 aromatic rings. The van der Waals surface area contributed by atoms with Crippen LogP contribution in [-0.2, 0) is 31.6 Å². The van der Waals surface area contributed by atoms with Gasteiger partial charge >= 0.3 is 0 Å². The van der Waals surface area contributed by atoms with E-state index in [1.807, 2.05) is 12.1 Å². The van der Waals surface area contributed by atoms with Crippen molar-refractivity contribution in [1.82, 2.24) is 15.0 Å². The minimum absolute atomic E-state index is 0. The van der Waals surface area contributed by atoms with Crippen LogP contribution in [0.1, 0.15) is 5.82 Å². The molecule has 0 saturated heterocycles. The predicted octanol–water partition coefficient (Wildman–Crippen LogP) is 0.840.